The third-order valence-electron chi connectivity index (χ3n) is 16.7. The molecule has 0 radical (unpaired) electrons. The van der Waals surface area contributed by atoms with Crippen molar-refractivity contribution in [1.29, 1.82) is 0 Å². The van der Waals surface area contributed by atoms with Crippen molar-refractivity contribution in [3.8, 4) is 11.1 Å². The second-order valence-electron chi connectivity index (χ2n) is 25.0. The predicted molar refractivity (Wildman–Crippen MR) is 329 cm³/mol. The number of likely N-dealkylation sites (tertiary alicyclic amines) is 2. The van der Waals surface area contributed by atoms with Crippen LogP contribution in [0.5, 0.6) is 0 Å². The van der Waals surface area contributed by atoms with E-state index >= 15 is 0 Å². The molecule has 2 aliphatic heterocycles. The number of likely N-dealkylation sites (N-methyl/N-ethyl adjacent to an activating group) is 1. The van der Waals surface area contributed by atoms with Gasteiger partial charge in [-0.05, 0) is 116 Å². The van der Waals surface area contributed by atoms with Crippen molar-refractivity contribution >= 4 is 55.2 Å². The van der Waals surface area contributed by atoms with Crippen LogP contribution in [0.4, 0.5) is 0 Å². The average Bonchev–Trinajstić information content (AvgIpc) is 3.19. The van der Waals surface area contributed by atoms with Crippen LogP contribution in [0.1, 0.15) is 118 Å². The van der Waals surface area contributed by atoms with E-state index in [-0.39, 0.29) is 89.7 Å². The van der Waals surface area contributed by atoms with Crippen LogP contribution >= 0.6 is 0 Å². The number of carbonyl (C=O) groups is 6. The monoisotopic (exact) mass is 1190 g/mol. The van der Waals surface area contributed by atoms with Gasteiger partial charge >= 0.3 is 0 Å². The first kappa shape index (κ1) is 66.9. The molecular weight excluding hydrogens is 1100 g/mol. The molecule has 6 rings (SSSR count). The third-order valence-corrected chi connectivity index (χ3v) is 19.9. The molecule has 0 spiro atoms. The van der Waals surface area contributed by atoms with Crippen LogP contribution in [-0.4, -0.2) is 155 Å². The summed E-state index contributed by atoms with van der Waals surface area (Å²) in [6.45, 7) is 18.6. The van der Waals surface area contributed by atoms with Crippen LogP contribution in [0.15, 0.2) is 119 Å². The lowest BCUT2D eigenvalue weighted by Crippen LogP contribution is -2.57. The van der Waals surface area contributed by atoms with Gasteiger partial charge in [0.15, 0.2) is 9.84 Å². The minimum absolute atomic E-state index is 0.0219. The second kappa shape index (κ2) is 29.7. The molecule has 458 valence electrons. The molecule has 0 bridgehead atoms. The minimum Gasteiger partial charge on any atom is -0.344 e. The van der Waals surface area contributed by atoms with Crippen molar-refractivity contribution in [3.05, 3.63) is 120 Å². The lowest BCUT2D eigenvalue weighted by molar-refractivity contribution is -0.144. The van der Waals surface area contributed by atoms with Crippen molar-refractivity contribution in [1.82, 2.24) is 35.0 Å². The SMILES string of the molecule is CC[C@@H](C)C(=O)N[C@H](C(=O)N1CCC[C@H]1CN(CCc1ccccc1)C(=O)CCS(=O)(=O)c1ccc(-c2ccc(S(=O)(=O)NCC(=O)N(CCc3ccccc3)C[C@@H]3CCCN3C(=O)[C@@H](CC(=O)[C@H](C)NC)C(C)(C)C)cc2)cc1)C(C)(C)C. The minimum atomic E-state index is -4.19. The maximum atomic E-state index is 14.3. The van der Waals surface area contributed by atoms with Gasteiger partial charge in [0.2, 0.25) is 39.6 Å². The van der Waals surface area contributed by atoms with Crippen LogP contribution < -0.4 is 15.4 Å². The van der Waals surface area contributed by atoms with Crippen molar-refractivity contribution in [2.75, 3.05) is 58.6 Å². The summed E-state index contributed by atoms with van der Waals surface area (Å²) in [6.07, 6.45) is 4.24. The molecule has 2 fully saturated rings. The number of sulfone groups is 1. The Bertz CT molecular complexity index is 2880. The van der Waals surface area contributed by atoms with Crippen molar-refractivity contribution < 1.29 is 45.6 Å². The number of amides is 5. The number of sulfonamides is 1. The predicted octanol–water partition coefficient (Wildman–Crippen LogP) is 7.73. The molecule has 0 saturated carbocycles. The molecule has 17 nitrogen and oxygen atoms in total. The quantitative estimate of drug-likeness (QED) is 0.0500. The fourth-order valence-corrected chi connectivity index (χ4v) is 13.1. The summed E-state index contributed by atoms with van der Waals surface area (Å²) in [4.78, 5) is 89.9. The fraction of sp³-hybridized carbons (Fsp3) is 0.538. The highest BCUT2D eigenvalue weighted by molar-refractivity contribution is 7.91. The number of Topliss-reactive ketones (excluding diaryl/α,β-unsaturated/α-hetero) is 1. The van der Waals surface area contributed by atoms with E-state index in [0.29, 0.717) is 62.9 Å². The summed E-state index contributed by atoms with van der Waals surface area (Å²) in [5, 5.41) is 5.99. The normalized spacial score (nSPS) is 17.3. The largest absolute Gasteiger partial charge is 0.344 e. The molecule has 0 aromatic heterocycles. The highest BCUT2D eigenvalue weighted by Gasteiger charge is 2.43. The van der Waals surface area contributed by atoms with E-state index < -0.39 is 66.9 Å². The van der Waals surface area contributed by atoms with E-state index in [2.05, 4.69) is 15.4 Å². The summed E-state index contributed by atoms with van der Waals surface area (Å²) in [5.74, 6) is -2.63. The lowest BCUT2D eigenvalue weighted by atomic mass is 9.76. The topological polar surface area (TPSA) is 220 Å². The van der Waals surface area contributed by atoms with Gasteiger partial charge in [0.05, 0.1) is 28.1 Å². The van der Waals surface area contributed by atoms with E-state index in [1.54, 1.807) is 57.8 Å². The van der Waals surface area contributed by atoms with Gasteiger partial charge in [0.1, 0.15) is 11.8 Å². The maximum absolute atomic E-state index is 14.3. The molecule has 4 aromatic rings. The Hall–Kier alpha value is -6.28. The first-order valence-corrected chi connectivity index (χ1v) is 32.9. The highest BCUT2D eigenvalue weighted by Crippen LogP contribution is 2.34. The lowest BCUT2D eigenvalue weighted by Gasteiger charge is -2.37. The average molecular weight is 1190 g/mol. The van der Waals surface area contributed by atoms with Crippen LogP contribution in [0.3, 0.4) is 0 Å². The maximum Gasteiger partial charge on any atom is 0.246 e. The molecule has 2 saturated heterocycles. The van der Waals surface area contributed by atoms with E-state index in [0.717, 1.165) is 24.0 Å². The fourth-order valence-electron chi connectivity index (χ4n) is 10.9. The highest BCUT2D eigenvalue weighted by atomic mass is 32.2. The second-order valence-corrected chi connectivity index (χ2v) is 28.8. The van der Waals surface area contributed by atoms with E-state index in [4.69, 9.17) is 0 Å². The zero-order chi connectivity index (χ0) is 61.6. The molecule has 6 atom stereocenters. The molecule has 4 aromatic carbocycles. The summed E-state index contributed by atoms with van der Waals surface area (Å²) < 4.78 is 57.7. The smallest absolute Gasteiger partial charge is 0.246 e. The number of rotatable bonds is 28. The number of nitrogens with one attached hydrogen (secondary N) is 3. The van der Waals surface area contributed by atoms with Gasteiger partial charge in [-0.25, -0.2) is 21.6 Å². The summed E-state index contributed by atoms with van der Waals surface area (Å²) in [5.41, 5.74) is 2.16. The molecule has 5 amide bonds. The first-order valence-electron chi connectivity index (χ1n) is 29.8. The van der Waals surface area contributed by atoms with Crippen LogP contribution in [0, 0.1) is 22.7 Å². The molecule has 84 heavy (non-hydrogen) atoms. The standard InChI is InChI=1S/C65H91N7O10S2/c1-11-46(2)61(76)68-60(65(7,8)9)63(78)72-38-19-25-53(72)44-69(39-34-48-20-14-12-15-21-48)58(74)36-41-83(79,80)54-30-26-50(27-31-54)51-28-32-55(33-29-51)84(81,82)67-43-59(75)70(40-35-49-22-16-13-17-23-49)45-52-24-18-37-71(52)62(77)56(64(4,5)6)42-57(73)47(3)66-10/h12-17,20-23,26-33,46-47,52-53,56,60,66-67H,11,18-19,24-25,34-45H2,1-10H3,(H,68,76)/t46-,47+,52+,53+,56-,60-/m1/s1. The number of carbonyl (C=O) groups excluding carboxylic acids is 6. The number of hydrogen-bond donors (Lipinski definition) is 3. The molecule has 19 heteroatoms. The van der Waals surface area contributed by atoms with E-state index in [1.807, 2.05) is 116 Å². The number of ketones is 1. The zero-order valence-electron chi connectivity index (χ0n) is 51.1. The van der Waals surface area contributed by atoms with Gasteiger partial charge in [-0.2, -0.15) is 0 Å². The van der Waals surface area contributed by atoms with Gasteiger partial charge in [-0.1, -0.05) is 140 Å². The Labute approximate surface area is 500 Å². The Kier molecular flexibility index (Phi) is 23.6. The van der Waals surface area contributed by atoms with Gasteiger partial charge in [0.25, 0.3) is 0 Å². The Morgan fingerprint density at radius 3 is 1.57 bits per heavy atom. The number of nitrogens with zero attached hydrogens (tertiary/aromatic N) is 4. The van der Waals surface area contributed by atoms with E-state index in [1.165, 1.54) is 24.3 Å². The van der Waals surface area contributed by atoms with E-state index in [9.17, 15) is 45.6 Å². The summed E-state index contributed by atoms with van der Waals surface area (Å²) >= 11 is 0. The Morgan fingerprint density at radius 1 is 0.631 bits per heavy atom. The Morgan fingerprint density at radius 2 is 1.11 bits per heavy atom. The number of hydrogen-bond acceptors (Lipinski definition) is 11. The molecule has 2 heterocycles. The van der Waals surface area contributed by atoms with Crippen LogP contribution in [-0.2, 0) is 61.5 Å². The first-order chi connectivity index (χ1) is 39.6. The zero-order valence-corrected chi connectivity index (χ0v) is 52.7. The van der Waals surface area contributed by atoms with Crippen molar-refractivity contribution in [3.63, 3.8) is 0 Å². The Balaban J connectivity index is 1.09. The summed E-state index contributed by atoms with van der Waals surface area (Å²) in [6, 6.07) is 29.7. The van der Waals surface area contributed by atoms with Gasteiger partial charge in [0, 0.05) is 76.0 Å². The molecular formula is C65H91N7O10S2. The van der Waals surface area contributed by atoms with Crippen LogP contribution in [0.25, 0.3) is 11.1 Å². The van der Waals surface area contributed by atoms with Gasteiger partial charge in [-0.3, -0.25) is 28.8 Å². The van der Waals surface area contributed by atoms with Crippen molar-refractivity contribution in [2.45, 2.75) is 154 Å². The van der Waals surface area contributed by atoms with Crippen molar-refractivity contribution in [2.24, 2.45) is 22.7 Å². The van der Waals surface area contributed by atoms with Gasteiger partial charge in [-0.15, -0.1) is 0 Å². The molecule has 0 aliphatic carbocycles. The number of benzene rings is 4. The molecule has 3 N–H and O–H groups in total. The van der Waals surface area contributed by atoms with Gasteiger partial charge < -0.3 is 30.2 Å². The van der Waals surface area contributed by atoms with Crippen LogP contribution in [0.2, 0.25) is 0 Å². The molecule has 0 unspecified atom stereocenters. The third kappa shape index (κ3) is 18.4. The summed E-state index contributed by atoms with van der Waals surface area (Å²) in [7, 11) is -6.43. The molecule has 2 aliphatic rings.